The molecule has 0 aliphatic carbocycles. The molecule has 0 unspecified atom stereocenters. The van der Waals surface area contributed by atoms with Crippen LogP contribution in [0.3, 0.4) is 0 Å². The molecular formula is C16H14O3S. The van der Waals surface area contributed by atoms with E-state index in [1.165, 1.54) is 0 Å². The van der Waals surface area contributed by atoms with Gasteiger partial charge in [-0.25, -0.2) is 8.42 Å². The van der Waals surface area contributed by atoms with Gasteiger partial charge in [0.2, 0.25) is 9.84 Å². The van der Waals surface area contributed by atoms with E-state index in [0.717, 1.165) is 5.56 Å². The van der Waals surface area contributed by atoms with Crippen molar-refractivity contribution in [1.82, 2.24) is 0 Å². The average molecular weight is 286 g/mol. The molecule has 0 amide bonds. The zero-order valence-electron chi connectivity index (χ0n) is 11.0. The molecule has 0 atom stereocenters. The second kappa shape index (κ2) is 6.27. The molecule has 0 N–H and O–H groups in total. The van der Waals surface area contributed by atoms with Crippen LogP contribution in [0.4, 0.5) is 0 Å². The van der Waals surface area contributed by atoms with Crippen molar-refractivity contribution in [3.63, 3.8) is 0 Å². The summed E-state index contributed by atoms with van der Waals surface area (Å²) in [6.07, 6.45) is 0. The van der Waals surface area contributed by atoms with Crippen molar-refractivity contribution in [2.45, 2.75) is 11.8 Å². The first kappa shape index (κ1) is 14.2. The van der Waals surface area contributed by atoms with E-state index in [0.29, 0.717) is 5.75 Å². The van der Waals surface area contributed by atoms with Crippen LogP contribution >= 0.6 is 0 Å². The number of ether oxygens (including phenoxy) is 1. The quantitative estimate of drug-likeness (QED) is 0.643. The van der Waals surface area contributed by atoms with Crippen molar-refractivity contribution in [2.75, 3.05) is 6.61 Å². The Labute approximate surface area is 119 Å². The zero-order valence-corrected chi connectivity index (χ0v) is 11.9. The molecule has 2 aromatic rings. The smallest absolute Gasteiger partial charge is 0.245 e. The van der Waals surface area contributed by atoms with Crippen LogP contribution in [0.25, 0.3) is 0 Å². The van der Waals surface area contributed by atoms with Crippen molar-refractivity contribution < 1.29 is 13.2 Å². The summed E-state index contributed by atoms with van der Waals surface area (Å²) in [5.74, 6) is 3.19. The number of hydrogen-bond donors (Lipinski definition) is 0. The lowest BCUT2D eigenvalue weighted by atomic mass is 10.2. The Morgan fingerprint density at radius 3 is 2.30 bits per heavy atom. The number of hydrogen-bond acceptors (Lipinski definition) is 3. The molecule has 0 bridgehead atoms. The molecule has 0 aliphatic heterocycles. The Bertz CT molecular complexity index is 721. The first-order chi connectivity index (χ1) is 9.58. The Kier molecular flexibility index (Phi) is 4.44. The summed E-state index contributed by atoms with van der Waals surface area (Å²) in [4.78, 5) is 0.204. The highest BCUT2D eigenvalue weighted by molar-refractivity contribution is 7.96. The number of para-hydroxylation sites is 1. The molecule has 0 aliphatic rings. The normalized spacial score (nSPS) is 10.4. The lowest BCUT2D eigenvalue weighted by molar-refractivity contribution is 0.370. The minimum atomic E-state index is -3.57. The third-order valence-electron chi connectivity index (χ3n) is 2.59. The fourth-order valence-electron chi connectivity index (χ4n) is 1.54. The van der Waals surface area contributed by atoms with Crippen LogP contribution in [0.15, 0.2) is 59.5 Å². The van der Waals surface area contributed by atoms with Crippen molar-refractivity contribution in [1.29, 1.82) is 0 Å². The van der Waals surface area contributed by atoms with Crippen LogP contribution < -0.4 is 4.74 Å². The number of aryl methyl sites for hydroxylation is 1. The van der Waals surface area contributed by atoms with Crippen LogP contribution in [-0.4, -0.2) is 15.0 Å². The van der Waals surface area contributed by atoms with Crippen LogP contribution in [0.2, 0.25) is 0 Å². The molecule has 0 saturated carbocycles. The summed E-state index contributed by atoms with van der Waals surface area (Å²) in [7, 11) is -3.57. The van der Waals surface area contributed by atoms with E-state index in [1.54, 1.807) is 36.4 Å². The Morgan fingerprint density at radius 2 is 1.65 bits per heavy atom. The minimum absolute atomic E-state index is 0.0368. The zero-order chi connectivity index (χ0) is 14.4. The fourth-order valence-corrected chi connectivity index (χ4v) is 2.40. The van der Waals surface area contributed by atoms with Gasteiger partial charge in [0, 0.05) is 5.25 Å². The van der Waals surface area contributed by atoms with E-state index in [-0.39, 0.29) is 11.5 Å². The molecule has 2 rings (SSSR count). The molecule has 0 spiro atoms. The van der Waals surface area contributed by atoms with Crippen LogP contribution in [-0.2, 0) is 9.84 Å². The van der Waals surface area contributed by atoms with E-state index < -0.39 is 9.84 Å². The Morgan fingerprint density at radius 1 is 1.00 bits per heavy atom. The Balaban J connectivity index is 2.02. The summed E-state index contributed by atoms with van der Waals surface area (Å²) in [5, 5.41) is 2.26. The van der Waals surface area contributed by atoms with Gasteiger partial charge in [-0.2, -0.15) is 0 Å². The topological polar surface area (TPSA) is 43.4 Å². The van der Waals surface area contributed by atoms with Crippen molar-refractivity contribution >= 4 is 9.84 Å². The van der Waals surface area contributed by atoms with Crippen molar-refractivity contribution in [3.8, 4) is 16.9 Å². The van der Waals surface area contributed by atoms with Gasteiger partial charge in [0.25, 0.3) is 0 Å². The number of sulfone groups is 1. The standard InChI is InChI=1S/C16H14O3S/c1-14-8-10-16(11-9-14)20(17,18)13-5-12-19-15-6-3-2-4-7-15/h2-4,6-11H,12H2,1H3. The lowest BCUT2D eigenvalue weighted by Crippen LogP contribution is -1.99. The summed E-state index contributed by atoms with van der Waals surface area (Å²) < 4.78 is 29.2. The van der Waals surface area contributed by atoms with Gasteiger partial charge in [0.1, 0.15) is 12.4 Å². The van der Waals surface area contributed by atoms with Crippen molar-refractivity contribution in [3.05, 3.63) is 60.2 Å². The summed E-state index contributed by atoms with van der Waals surface area (Å²) in [6, 6.07) is 15.7. The van der Waals surface area contributed by atoms with Gasteiger partial charge in [-0.05, 0) is 37.1 Å². The third-order valence-corrected chi connectivity index (χ3v) is 3.90. The van der Waals surface area contributed by atoms with Gasteiger partial charge < -0.3 is 4.74 Å². The SMILES string of the molecule is Cc1ccc(S(=O)(=O)C#CCOc2ccccc2)cc1. The third kappa shape index (κ3) is 3.87. The number of benzene rings is 2. The van der Waals surface area contributed by atoms with E-state index in [4.69, 9.17) is 4.74 Å². The second-order valence-electron chi connectivity index (χ2n) is 4.20. The van der Waals surface area contributed by atoms with Gasteiger partial charge in [0.05, 0.1) is 4.90 Å². The Hall–Kier alpha value is -2.25. The molecule has 0 heterocycles. The predicted molar refractivity (Wildman–Crippen MR) is 78.1 cm³/mol. The monoisotopic (exact) mass is 286 g/mol. The molecular weight excluding hydrogens is 272 g/mol. The van der Waals surface area contributed by atoms with E-state index in [9.17, 15) is 8.42 Å². The molecule has 0 aromatic heterocycles. The van der Waals surface area contributed by atoms with E-state index in [2.05, 4.69) is 11.2 Å². The molecule has 0 saturated heterocycles. The average Bonchev–Trinajstić information content (AvgIpc) is 2.45. The highest BCUT2D eigenvalue weighted by atomic mass is 32.2. The highest BCUT2D eigenvalue weighted by Crippen LogP contribution is 2.11. The molecule has 102 valence electrons. The van der Waals surface area contributed by atoms with Crippen LogP contribution in [0.5, 0.6) is 5.75 Å². The first-order valence-corrected chi connectivity index (χ1v) is 7.55. The number of rotatable bonds is 3. The lowest BCUT2D eigenvalue weighted by Gasteiger charge is -2.00. The maximum absolute atomic E-state index is 11.9. The molecule has 2 aromatic carbocycles. The summed E-state index contributed by atoms with van der Waals surface area (Å²) in [5.41, 5.74) is 1.00. The first-order valence-electron chi connectivity index (χ1n) is 6.07. The van der Waals surface area contributed by atoms with E-state index in [1.807, 2.05) is 25.1 Å². The summed E-state index contributed by atoms with van der Waals surface area (Å²) in [6.45, 7) is 1.94. The molecule has 0 fully saturated rings. The molecule has 0 radical (unpaired) electrons. The van der Waals surface area contributed by atoms with Gasteiger partial charge in [-0.3, -0.25) is 0 Å². The minimum Gasteiger partial charge on any atom is -0.481 e. The van der Waals surface area contributed by atoms with Gasteiger partial charge in [-0.1, -0.05) is 35.9 Å². The summed E-state index contributed by atoms with van der Waals surface area (Å²) >= 11 is 0. The maximum Gasteiger partial charge on any atom is 0.245 e. The fraction of sp³-hybridized carbons (Fsp3) is 0.125. The van der Waals surface area contributed by atoms with Crippen LogP contribution in [0, 0.1) is 18.1 Å². The second-order valence-corrected chi connectivity index (χ2v) is 5.88. The molecule has 3 nitrogen and oxygen atoms in total. The van der Waals surface area contributed by atoms with Crippen LogP contribution in [0.1, 0.15) is 5.56 Å². The predicted octanol–water partition coefficient (Wildman–Crippen LogP) is 2.81. The van der Waals surface area contributed by atoms with Gasteiger partial charge in [-0.15, -0.1) is 0 Å². The van der Waals surface area contributed by atoms with E-state index >= 15 is 0 Å². The largest absolute Gasteiger partial charge is 0.481 e. The molecule has 4 heteroatoms. The van der Waals surface area contributed by atoms with Gasteiger partial charge >= 0.3 is 0 Å². The maximum atomic E-state index is 11.9. The molecule has 20 heavy (non-hydrogen) atoms. The van der Waals surface area contributed by atoms with Gasteiger partial charge in [0.15, 0.2) is 0 Å². The van der Waals surface area contributed by atoms with Crippen molar-refractivity contribution in [2.24, 2.45) is 0 Å². The highest BCUT2D eigenvalue weighted by Gasteiger charge is 2.09.